The fourth-order valence-electron chi connectivity index (χ4n) is 3.00. The van der Waals surface area contributed by atoms with Gasteiger partial charge in [-0.15, -0.1) is 0 Å². The number of benzene rings is 1. The quantitative estimate of drug-likeness (QED) is 0.776. The second-order valence-corrected chi connectivity index (χ2v) is 6.50. The molecule has 1 aromatic heterocycles. The molecule has 1 N–H and O–H groups in total. The Bertz CT molecular complexity index is 761. The highest BCUT2D eigenvalue weighted by atomic mass is 19.4. The molecule has 1 aliphatic heterocycles. The van der Waals surface area contributed by atoms with Crippen molar-refractivity contribution in [2.24, 2.45) is 0 Å². The van der Waals surface area contributed by atoms with E-state index in [9.17, 15) is 13.2 Å². The zero-order chi connectivity index (χ0) is 19.3. The lowest BCUT2D eigenvalue weighted by Crippen LogP contribution is -2.37. The number of hydrogen-bond acceptors (Lipinski definition) is 5. The third-order valence-corrected chi connectivity index (χ3v) is 4.38. The first-order valence-corrected chi connectivity index (χ1v) is 8.99. The van der Waals surface area contributed by atoms with Crippen LogP contribution in [0.5, 0.6) is 0 Å². The van der Waals surface area contributed by atoms with Gasteiger partial charge in [-0.05, 0) is 32.0 Å². The van der Waals surface area contributed by atoms with Crippen LogP contribution in [0.1, 0.15) is 17.8 Å². The zero-order valence-electron chi connectivity index (χ0n) is 15.2. The Morgan fingerprint density at radius 3 is 2.67 bits per heavy atom. The summed E-state index contributed by atoms with van der Waals surface area (Å²) in [5, 5.41) is 3.25. The van der Waals surface area contributed by atoms with Crippen LogP contribution >= 0.6 is 0 Å². The van der Waals surface area contributed by atoms with Crippen LogP contribution in [0, 0.1) is 6.92 Å². The lowest BCUT2D eigenvalue weighted by molar-refractivity contribution is -0.137. The summed E-state index contributed by atoms with van der Waals surface area (Å²) in [7, 11) is 0. The van der Waals surface area contributed by atoms with Crippen LogP contribution in [-0.2, 0) is 10.9 Å². The molecular weight excluding hydrogens is 357 g/mol. The largest absolute Gasteiger partial charge is 0.416 e. The number of halogens is 3. The van der Waals surface area contributed by atoms with Gasteiger partial charge in [0.25, 0.3) is 0 Å². The number of morpholine rings is 1. The van der Waals surface area contributed by atoms with E-state index in [1.54, 1.807) is 19.1 Å². The second-order valence-electron chi connectivity index (χ2n) is 6.50. The molecule has 3 rings (SSSR count). The Balaban J connectivity index is 1.64. The minimum atomic E-state index is -4.38. The van der Waals surface area contributed by atoms with Crippen LogP contribution in [0.15, 0.2) is 30.3 Å². The summed E-state index contributed by atoms with van der Waals surface area (Å²) in [6.45, 7) is 6.89. The Labute approximate surface area is 156 Å². The molecule has 0 radical (unpaired) electrons. The molecule has 1 saturated heterocycles. The number of anilines is 1. The van der Waals surface area contributed by atoms with Gasteiger partial charge in [-0.25, -0.2) is 9.97 Å². The maximum absolute atomic E-state index is 12.9. The van der Waals surface area contributed by atoms with E-state index in [0.29, 0.717) is 22.9 Å². The van der Waals surface area contributed by atoms with Crippen LogP contribution in [0.2, 0.25) is 0 Å². The van der Waals surface area contributed by atoms with E-state index >= 15 is 0 Å². The molecule has 1 aromatic carbocycles. The fraction of sp³-hybridized carbons (Fsp3) is 0.474. The average molecular weight is 380 g/mol. The zero-order valence-corrected chi connectivity index (χ0v) is 15.2. The van der Waals surface area contributed by atoms with E-state index in [1.807, 2.05) is 0 Å². The number of ether oxygens (including phenoxy) is 1. The summed E-state index contributed by atoms with van der Waals surface area (Å²) in [6.07, 6.45) is -3.43. The van der Waals surface area contributed by atoms with Gasteiger partial charge in [0.15, 0.2) is 0 Å². The SMILES string of the molecule is Cc1nc(NCCCN2CCOCC2)cc(-c2cccc(C(F)(F)F)c2)n1. The Morgan fingerprint density at radius 1 is 1.15 bits per heavy atom. The lowest BCUT2D eigenvalue weighted by Gasteiger charge is -2.26. The van der Waals surface area contributed by atoms with E-state index < -0.39 is 11.7 Å². The molecule has 2 aromatic rings. The summed E-state index contributed by atoms with van der Waals surface area (Å²) < 4.78 is 44.2. The van der Waals surface area contributed by atoms with Crippen LogP contribution in [0.4, 0.5) is 19.0 Å². The van der Waals surface area contributed by atoms with Crippen molar-refractivity contribution >= 4 is 5.82 Å². The van der Waals surface area contributed by atoms with Crippen molar-refractivity contribution < 1.29 is 17.9 Å². The smallest absolute Gasteiger partial charge is 0.379 e. The first-order chi connectivity index (χ1) is 12.9. The number of aryl methyl sites for hydroxylation is 1. The predicted octanol–water partition coefficient (Wildman–Crippen LogP) is 3.61. The molecule has 0 atom stereocenters. The highest BCUT2D eigenvalue weighted by molar-refractivity contribution is 5.63. The molecule has 0 saturated carbocycles. The van der Waals surface area contributed by atoms with E-state index in [1.165, 1.54) is 6.07 Å². The van der Waals surface area contributed by atoms with Gasteiger partial charge in [-0.1, -0.05) is 12.1 Å². The molecule has 0 unspecified atom stereocenters. The predicted molar refractivity (Wildman–Crippen MR) is 97.6 cm³/mol. The lowest BCUT2D eigenvalue weighted by atomic mass is 10.1. The topological polar surface area (TPSA) is 50.3 Å². The summed E-state index contributed by atoms with van der Waals surface area (Å²) in [5.74, 6) is 1.14. The molecule has 27 heavy (non-hydrogen) atoms. The summed E-state index contributed by atoms with van der Waals surface area (Å²) in [6, 6.07) is 6.88. The Morgan fingerprint density at radius 2 is 1.93 bits per heavy atom. The van der Waals surface area contributed by atoms with E-state index in [-0.39, 0.29) is 0 Å². The van der Waals surface area contributed by atoms with Gasteiger partial charge in [0, 0.05) is 31.3 Å². The third kappa shape index (κ3) is 5.64. The maximum Gasteiger partial charge on any atom is 0.416 e. The molecule has 0 bridgehead atoms. The highest BCUT2D eigenvalue weighted by Gasteiger charge is 2.30. The van der Waals surface area contributed by atoms with Crippen LogP contribution < -0.4 is 5.32 Å². The van der Waals surface area contributed by atoms with E-state index in [4.69, 9.17) is 4.74 Å². The van der Waals surface area contributed by atoms with Gasteiger partial charge in [-0.2, -0.15) is 13.2 Å². The molecule has 5 nitrogen and oxygen atoms in total. The number of rotatable bonds is 6. The van der Waals surface area contributed by atoms with Gasteiger partial charge in [-0.3, -0.25) is 4.90 Å². The fourth-order valence-corrected chi connectivity index (χ4v) is 3.00. The molecule has 0 aliphatic carbocycles. The van der Waals surface area contributed by atoms with Crippen molar-refractivity contribution in [3.8, 4) is 11.3 Å². The van der Waals surface area contributed by atoms with Gasteiger partial charge < -0.3 is 10.1 Å². The van der Waals surface area contributed by atoms with Crippen molar-refractivity contribution in [3.63, 3.8) is 0 Å². The van der Waals surface area contributed by atoms with Gasteiger partial charge in [0.05, 0.1) is 24.5 Å². The number of alkyl halides is 3. The van der Waals surface area contributed by atoms with Crippen molar-refractivity contribution in [1.29, 1.82) is 0 Å². The number of aromatic nitrogens is 2. The maximum atomic E-state index is 12.9. The molecule has 2 heterocycles. The number of nitrogens with zero attached hydrogens (tertiary/aromatic N) is 3. The second kappa shape index (κ2) is 8.67. The molecule has 8 heteroatoms. The summed E-state index contributed by atoms with van der Waals surface area (Å²) in [4.78, 5) is 11.0. The average Bonchev–Trinajstić information content (AvgIpc) is 2.65. The van der Waals surface area contributed by atoms with Crippen LogP contribution in [-0.4, -0.2) is 54.3 Å². The molecule has 146 valence electrons. The van der Waals surface area contributed by atoms with Gasteiger partial charge in [0.2, 0.25) is 0 Å². The summed E-state index contributed by atoms with van der Waals surface area (Å²) >= 11 is 0. The highest BCUT2D eigenvalue weighted by Crippen LogP contribution is 2.32. The Kier molecular flexibility index (Phi) is 6.28. The molecule has 0 amide bonds. The molecule has 1 aliphatic rings. The van der Waals surface area contributed by atoms with Gasteiger partial charge in [0.1, 0.15) is 11.6 Å². The summed E-state index contributed by atoms with van der Waals surface area (Å²) in [5.41, 5.74) is 0.215. The molecular formula is C19H23F3N4O. The minimum absolute atomic E-state index is 0.423. The number of nitrogens with one attached hydrogen (secondary N) is 1. The third-order valence-electron chi connectivity index (χ3n) is 4.38. The van der Waals surface area contributed by atoms with Crippen molar-refractivity contribution in [1.82, 2.24) is 14.9 Å². The number of hydrogen-bond donors (Lipinski definition) is 1. The normalized spacial score (nSPS) is 15.7. The van der Waals surface area contributed by atoms with E-state index in [0.717, 1.165) is 57.9 Å². The van der Waals surface area contributed by atoms with Crippen LogP contribution in [0.3, 0.4) is 0 Å². The molecule has 0 spiro atoms. The van der Waals surface area contributed by atoms with Crippen molar-refractivity contribution in [3.05, 3.63) is 41.7 Å². The first-order valence-electron chi connectivity index (χ1n) is 8.99. The van der Waals surface area contributed by atoms with E-state index in [2.05, 4.69) is 20.2 Å². The Hall–Kier alpha value is -2.19. The first kappa shape index (κ1) is 19.6. The van der Waals surface area contributed by atoms with Crippen molar-refractivity contribution in [2.45, 2.75) is 19.5 Å². The standard InChI is InChI=1S/C19H23F3N4O/c1-14-24-17(15-4-2-5-16(12-15)19(20,21)22)13-18(25-14)23-6-3-7-26-8-10-27-11-9-26/h2,4-5,12-13H,3,6-11H2,1H3,(H,23,24,25). The minimum Gasteiger partial charge on any atom is -0.379 e. The van der Waals surface area contributed by atoms with Crippen LogP contribution in [0.25, 0.3) is 11.3 Å². The monoisotopic (exact) mass is 380 g/mol. The molecule has 1 fully saturated rings. The van der Waals surface area contributed by atoms with Crippen molar-refractivity contribution in [2.75, 3.05) is 44.7 Å². The van der Waals surface area contributed by atoms with Gasteiger partial charge >= 0.3 is 6.18 Å².